The summed E-state index contributed by atoms with van der Waals surface area (Å²) in [7, 11) is 1.83. The van der Waals surface area contributed by atoms with Crippen LogP contribution in [-0.4, -0.2) is 41.0 Å². The van der Waals surface area contributed by atoms with Gasteiger partial charge in [0.2, 0.25) is 0 Å². The first-order valence-corrected chi connectivity index (χ1v) is 6.97. The zero-order valence-corrected chi connectivity index (χ0v) is 11.5. The maximum Gasteiger partial charge on any atom is 0.289 e. The maximum atomic E-state index is 12.4. The van der Waals surface area contributed by atoms with E-state index in [4.69, 9.17) is 10.5 Å². The number of hydrogen-bond donors (Lipinski definition) is 1. The van der Waals surface area contributed by atoms with E-state index >= 15 is 0 Å². The molecule has 106 valence electrons. The van der Waals surface area contributed by atoms with Crippen molar-refractivity contribution < 1.29 is 9.53 Å². The van der Waals surface area contributed by atoms with E-state index in [9.17, 15) is 4.79 Å². The molecule has 2 aliphatic rings. The Bertz CT molecular complexity index is 529. The van der Waals surface area contributed by atoms with Crippen LogP contribution in [0.3, 0.4) is 0 Å². The van der Waals surface area contributed by atoms with Crippen LogP contribution in [0.5, 0.6) is 0 Å². The van der Waals surface area contributed by atoms with Gasteiger partial charge in [-0.2, -0.15) is 0 Å². The number of nitrogens with two attached hydrogens (primary N) is 1. The first-order chi connectivity index (χ1) is 9.65. The van der Waals surface area contributed by atoms with E-state index < -0.39 is 0 Å². The maximum absolute atomic E-state index is 12.4. The summed E-state index contributed by atoms with van der Waals surface area (Å²) >= 11 is 0. The first kappa shape index (κ1) is 13.1. The molecule has 1 saturated heterocycles. The average Bonchev–Trinajstić information content (AvgIpc) is 2.46. The largest absolute Gasteiger partial charge is 0.482 e. The molecule has 5 heteroatoms. The fraction of sp³-hybridized carbons (Fsp3) is 0.467. The highest BCUT2D eigenvalue weighted by Crippen LogP contribution is 2.31. The van der Waals surface area contributed by atoms with Crippen LogP contribution < -0.4 is 5.73 Å². The summed E-state index contributed by atoms with van der Waals surface area (Å²) in [4.78, 5) is 18.3. The predicted molar refractivity (Wildman–Crippen MR) is 75.5 cm³/mol. The highest BCUT2D eigenvalue weighted by atomic mass is 16.5. The van der Waals surface area contributed by atoms with Crippen molar-refractivity contribution in [2.45, 2.75) is 37.5 Å². The average molecular weight is 273 g/mol. The monoisotopic (exact) mass is 273 g/mol. The molecule has 1 aliphatic carbocycles. The van der Waals surface area contributed by atoms with Gasteiger partial charge in [0.05, 0.1) is 11.7 Å². The number of carbonyl (C=O) groups excluding carboxylic acids is 1. The molecule has 2 N–H and O–H groups in total. The lowest BCUT2D eigenvalue weighted by atomic mass is 9.87. The Morgan fingerprint density at radius 1 is 1.45 bits per heavy atom. The van der Waals surface area contributed by atoms with Crippen LogP contribution in [0, 0.1) is 0 Å². The van der Waals surface area contributed by atoms with Crippen LogP contribution in [0.15, 0.2) is 30.2 Å². The third-order valence-corrected chi connectivity index (χ3v) is 4.07. The molecule has 1 aromatic rings. The fourth-order valence-electron chi connectivity index (χ4n) is 2.92. The minimum Gasteiger partial charge on any atom is -0.482 e. The van der Waals surface area contributed by atoms with Crippen LogP contribution in [0.1, 0.15) is 25.0 Å². The quantitative estimate of drug-likeness (QED) is 0.780. The van der Waals surface area contributed by atoms with Crippen LogP contribution >= 0.6 is 0 Å². The molecule has 0 bridgehead atoms. The molecule has 1 saturated carbocycles. The van der Waals surface area contributed by atoms with Crippen molar-refractivity contribution in [1.82, 2.24) is 9.88 Å². The number of pyridine rings is 1. The molecule has 0 aromatic carbocycles. The lowest BCUT2D eigenvalue weighted by Gasteiger charge is -2.44. The van der Waals surface area contributed by atoms with Crippen molar-refractivity contribution in [1.29, 1.82) is 0 Å². The molecule has 5 nitrogen and oxygen atoms in total. The molecule has 1 amide bonds. The Morgan fingerprint density at radius 2 is 2.30 bits per heavy atom. The Morgan fingerprint density at radius 3 is 3.05 bits per heavy atom. The second-order valence-corrected chi connectivity index (χ2v) is 5.48. The van der Waals surface area contributed by atoms with Gasteiger partial charge in [-0.15, -0.1) is 0 Å². The van der Waals surface area contributed by atoms with Crippen LogP contribution in [0.2, 0.25) is 0 Å². The van der Waals surface area contributed by atoms with E-state index in [1.54, 1.807) is 17.2 Å². The SMILES string of the molecule is CN1C(=O)/C(=C\c2ccccn2)OC2CCC(N)CC21. The molecular weight excluding hydrogens is 254 g/mol. The smallest absolute Gasteiger partial charge is 0.289 e. The van der Waals surface area contributed by atoms with Gasteiger partial charge >= 0.3 is 0 Å². The molecule has 20 heavy (non-hydrogen) atoms. The van der Waals surface area contributed by atoms with Gasteiger partial charge in [0.25, 0.3) is 5.91 Å². The molecule has 2 heterocycles. The zero-order chi connectivity index (χ0) is 14.1. The van der Waals surface area contributed by atoms with Crippen LogP contribution in [0.25, 0.3) is 6.08 Å². The van der Waals surface area contributed by atoms with Crippen LogP contribution in [0.4, 0.5) is 0 Å². The summed E-state index contributed by atoms with van der Waals surface area (Å²) in [5, 5.41) is 0. The zero-order valence-electron chi connectivity index (χ0n) is 11.5. The van der Waals surface area contributed by atoms with E-state index in [0.717, 1.165) is 25.0 Å². The van der Waals surface area contributed by atoms with Gasteiger partial charge in [-0.25, -0.2) is 0 Å². The Balaban J connectivity index is 1.85. The van der Waals surface area contributed by atoms with Crippen molar-refractivity contribution in [3.05, 3.63) is 35.8 Å². The summed E-state index contributed by atoms with van der Waals surface area (Å²) in [5.74, 6) is 0.286. The van der Waals surface area contributed by atoms with Gasteiger partial charge in [0.1, 0.15) is 6.10 Å². The van der Waals surface area contributed by atoms with Gasteiger partial charge < -0.3 is 15.4 Å². The van der Waals surface area contributed by atoms with Gasteiger partial charge in [-0.1, -0.05) is 6.07 Å². The summed E-state index contributed by atoms with van der Waals surface area (Å²) in [6, 6.07) is 5.84. The number of amides is 1. The number of morpholine rings is 1. The number of hydrogen-bond acceptors (Lipinski definition) is 4. The molecule has 3 atom stereocenters. The van der Waals surface area contributed by atoms with E-state index in [1.165, 1.54) is 0 Å². The minimum atomic E-state index is -0.0917. The number of nitrogens with zero attached hydrogens (tertiary/aromatic N) is 2. The Labute approximate surface area is 118 Å². The summed E-state index contributed by atoms with van der Waals surface area (Å²) in [5.41, 5.74) is 6.72. The minimum absolute atomic E-state index is 0.0486. The van der Waals surface area contributed by atoms with Gasteiger partial charge in [0.15, 0.2) is 5.76 Å². The van der Waals surface area contributed by atoms with Crippen molar-refractivity contribution in [2.24, 2.45) is 5.73 Å². The van der Waals surface area contributed by atoms with E-state index in [0.29, 0.717) is 5.76 Å². The summed E-state index contributed by atoms with van der Waals surface area (Å²) in [6.07, 6.45) is 6.11. The fourth-order valence-corrected chi connectivity index (χ4v) is 2.92. The van der Waals surface area contributed by atoms with Crippen molar-refractivity contribution in [3.63, 3.8) is 0 Å². The number of aromatic nitrogens is 1. The van der Waals surface area contributed by atoms with Gasteiger partial charge in [0, 0.05) is 25.4 Å². The van der Waals surface area contributed by atoms with Crippen LogP contribution in [-0.2, 0) is 9.53 Å². The number of rotatable bonds is 1. The third-order valence-electron chi connectivity index (χ3n) is 4.07. The highest BCUT2D eigenvalue weighted by Gasteiger charge is 2.41. The Hall–Kier alpha value is -1.88. The van der Waals surface area contributed by atoms with Crippen molar-refractivity contribution >= 4 is 12.0 Å². The molecule has 0 spiro atoms. The Kier molecular flexibility index (Phi) is 3.44. The van der Waals surface area contributed by atoms with Crippen molar-refractivity contribution in [3.8, 4) is 0 Å². The van der Waals surface area contributed by atoms with E-state index in [2.05, 4.69) is 4.98 Å². The second-order valence-electron chi connectivity index (χ2n) is 5.48. The first-order valence-electron chi connectivity index (χ1n) is 6.97. The summed E-state index contributed by atoms with van der Waals surface area (Å²) < 4.78 is 5.90. The number of fused-ring (bicyclic) bond motifs is 1. The normalized spacial score (nSPS) is 31.9. The number of carbonyl (C=O) groups is 1. The lowest BCUT2D eigenvalue weighted by Crippen LogP contribution is -2.56. The third kappa shape index (κ3) is 2.41. The molecular formula is C15H19N3O2. The molecule has 3 rings (SSSR count). The van der Waals surface area contributed by atoms with E-state index in [-0.39, 0.29) is 24.1 Å². The topological polar surface area (TPSA) is 68.5 Å². The predicted octanol–water partition coefficient (Wildman–Crippen LogP) is 1.16. The van der Waals surface area contributed by atoms with Crippen molar-refractivity contribution in [2.75, 3.05) is 7.05 Å². The van der Waals surface area contributed by atoms with E-state index in [1.807, 2.05) is 25.2 Å². The second kappa shape index (κ2) is 5.25. The molecule has 1 aromatic heterocycles. The number of ether oxygens (including phenoxy) is 1. The number of likely N-dealkylation sites (N-methyl/N-ethyl adjacent to an activating group) is 1. The molecule has 3 unspecified atom stereocenters. The molecule has 2 fully saturated rings. The highest BCUT2D eigenvalue weighted by molar-refractivity contribution is 5.96. The molecule has 0 radical (unpaired) electrons. The van der Waals surface area contributed by atoms with Gasteiger partial charge in [-0.05, 0) is 31.4 Å². The summed E-state index contributed by atoms with van der Waals surface area (Å²) in [6.45, 7) is 0. The lowest BCUT2D eigenvalue weighted by molar-refractivity contribution is -0.146. The standard InChI is InChI=1S/C15H19N3O2/c1-18-12-8-10(16)5-6-13(12)20-14(15(18)19)9-11-4-2-3-7-17-11/h2-4,7,9-10,12-13H,5-6,8,16H2,1H3/b14-9+. The molecule has 1 aliphatic heterocycles. The van der Waals surface area contributed by atoms with Gasteiger partial charge in [-0.3, -0.25) is 9.78 Å².